The Hall–Kier alpha value is -2.11. The van der Waals surface area contributed by atoms with Crippen LogP contribution in [0.4, 0.5) is 0 Å². The second-order valence-electron chi connectivity index (χ2n) is 6.11. The van der Waals surface area contributed by atoms with Gasteiger partial charge in [-0.3, -0.25) is 0 Å². The molecule has 26 heavy (non-hydrogen) atoms. The van der Waals surface area contributed by atoms with Gasteiger partial charge in [-0.25, -0.2) is 4.79 Å². The maximum Gasteiger partial charge on any atom is 0.343 e. The number of carbonyl (C=O) groups is 1. The average Bonchev–Trinajstić information content (AvgIpc) is 2.69. The van der Waals surface area contributed by atoms with Gasteiger partial charge in [-0.2, -0.15) is 0 Å². The lowest BCUT2D eigenvalue weighted by Crippen LogP contribution is -2.34. The van der Waals surface area contributed by atoms with E-state index in [0.29, 0.717) is 22.1 Å². The maximum atomic E-state index is 12.3. The van der Waals surface area contributed by atoms with Crippen molar-refractivity contribution >= 4 is 34.8 Å². The van der Waals surface area contributed by atoms with E-state index >= 15 is 0 Å². The molecule has 136 valence electrons. The Morgan fingerprint density at radius 2 is 1.65 bits per heavy atom. The highest BCUT2D eigenvalue weighted by Crippen LogP contribution is 2.30. The highest BCUT2D eigenvalue weighted by atomic mass is 35.5. The molecule has 4 nitrogen and oxygen atoms in total. The van der Waals surface area contributed by atoms with Crippen LogP contribution in [-0.4, -0.2) is 36.1 Å². The number of benzene rings is 2. The fraction of sp³-hybridized carbons (Fsp3) is 0.300. The van der Waals surface area contributed by atoms with Crippen LogP contribution < -0.4 is 9.47 Å². The number of rotatable bonds is 4. The third-order valence-corrected chi connectivity index (χ3v) is 5.08. The minimum absolute atomic E-state index is 0.359. The van der Waals surface area contributed by atoms with Gasteiger partial charge < -0.3 is 14.4 Å². The number of hydrogen-bond acceptors (Lipinski definition) is 4. The fourth-order valence-electron chi connectivity index (χ4n) is 2.91. The predicted octanol–water partition coefficient (Wildman–Crippen LogP) is 4.73. The van der Waals surface area contributed by atoms with Crippen molar-refractivity contribution in [2.45, 2.75) is 19.3 Å². The molecule has 0 unspecified atom stereocenters. The molecule has 1 aliphatic rings. The maximum absolute atomic E-state index is 12.3. The van der Waals surface area contributed by atoms with Crippen molar-refractivity contribution in [1.29, 1.82) is 0 Å². The van der Waals surface area contributed by atoms with Gasteiger partial charge in [0.25, 0.3) is 0 Å². The number of carbonyl (C=O) groups excluding carboxylic acids is 1. The lowest BCUT2D eigenvalue weighted by atomic mass is 10.1. The number of hydrogen-bond donors (Lipinski definition) is 0. The summed E-state index contributed by atoms with van der Waals surface area (Å²) in [5, 5.41) is 0.565. The average molecular weight is 390 g/mol. The van der Waals surface area contributed by atoms with E-state index in [1.807, 2.05) is 12.1 Å². The minimum atomic E-state index is -0.466. The highest BCUT2D eigenvalue weighted by molar-refractivity contribution is 7.80. The van der Waals surface area contributed by atoms with Crippen LogP contribution in [0.25, 0.3) is 0 Å². The Morgan fingerprint density at radius 3 is 2.31 bits per heavy atom. The summed E-state index contributed by atoms with van der Waals surface area (Å²) < 4.78 is 10.9. The van der Waals surface area contributed by atoms with Gasteiger partial charge in [0.1, 0.15) is 4.99 Å². The first-order valence-corrected chi connectivity index (χ1v) is 9.32. The molecule has 2 aromatic carbocycles. The van der Waals surface area contributed by atoms with Crippen molar-refractivity contribution in [2.24, 2.45) is 0 Å². The quantitative estimate of drug-likeness (QED) is 0.429. The Morgan fingerprint density at radius 1 is 1.00 bits per heavy atom. The first-order valence-electron chi connectivity index (χ1n) is 8.53. The molecule has 1 saturated heterocycles. The van der Waals surface area contributed by atoms with E-state index in [9.17, 15) is 4.79 Å². The Balaban J connectivity index is 1.77. The summed E-state index contributed by atoms with van der Waals surface area (Å²) in [5.41, 5.74) is 1.31. The molecule has 0 saturated carbocycles. The molecular formula is C20H20ClNO3S. The van der Waals surface area contributed by atoms with E-state index in [4.69, 9.17) is 33.3 Å². The third-order valence-electron chi connectivity index (χ3n) is 4.34. The van der Waals surface area contributed by atoms with Crippen LogP contribution >= 0.6 is 23.8 Å². The number of esters is 1. The molecule has 6 heteroatoms. The van der Waals surface area contributed by atoms with Crippen LogP contribution in [-0.2, 0) is 0 Å². The van der Waals surface area contributed by atoms with Crippen molar-refractivity contribution in [3.8, 4) is 11.5 Å². The Labute approximate surface area is 163 Å². The third kappa shape index (κ3) is 4.34. The molecule has 0 aliphatic carbocycles. The van der Waals surface area contributed by atoms with E-state index in [0.717, 1.165) is 36.5 Å². The van der Waals surface area contributed by atoms with Crippen molar-refractivity contribution in [2.75, 3.05) is 20.2 Å². The topological polar surface area (TPSA) is 38.8 Å². The molecule has 0 N–H and O–H groups in total. The lowest BCUT2D eigenvalue weighted by molar-refractivity contribution is 0.0729. The molecule has 0 amide bonds. The Bertz CT molecular complexity index is 801. The molecule has 0 spiro atoms. The van der Waals surface area contributed by atoms with Crippen LogP contribution in [0.15, 0.2) is 42.5 Å². The van der Waals surface area contributed by atoms with Gasteiger partial charge >= 0.3 is 5.97 Å². The molecule has 1 heterocycles. The van der Waals surface area contributed by atoms with E-state index in [1.165, 1.54) is 6.42 Å². The SMILES string of the molecule is COc1cc(C(=S)N2CCCCC2)ccc1OC(=O)c1ccc(Cl)cc1. The van der Waals surface area contributed by atoms with Crippen LogP contribution in [0, 0.1) is 0 Å². The first kappa shape index (κ1) is 18.7. The molecular weight excluding hydrogens is 370 g/mol. The summed E-state index contributed by atoms with van der Waals surface area (Å²) in [6.07, 6.45) is 3.57. The smallest absolute Gasteiger partial charge is 0.343 e. The fourth-order valence-corrected chi connectivity index (χ4v) is 3.34. The molecule has 3 rings (SSSR count). The number of methoxy groups -OCH3 is 1. The van der Waals surface area contributed by atoms with E-state index < -0.39 is 5.97 Å². The van der Waals surface area contributed by atoms with Crippen molar-refractivity contribution in [3.05, 3.63) is 58.6 Å². The Kier molecular flexibility index (Phi) is 6.12. The van der Waals surface area contributed by atoms with Crippen LogP contribution in [0.3, 0.4) is 0 Å². The number of ether oxygens (including phenoxy) is 2. The molecule has 1 aliphatic heterocycles. The van der Waals surface area contributed by atoms with Crippen LogP contribution in [0.1, 0.15) is 35.2 Å². The zero-order valence-corrected chi connectivity index (χ0v) is 16.1. The first-order chi connectivity index (χ1) is 12.6. The van der Waals surface area contributed by atoms with Gasteiger partial charge in [0.05, 0.1) is 12.7 Å². The second kappa shape index (κ2) is 8.52. The standard InChI is InChI=1S/C20H20ClNO3S/c1-24-18-13-15(19(26)22-11-3-2-4-12-22)7-10-17(18)25-20(23)14-5-8-16(21)9-6-14/h5-10,13H,2-4,11-12H2,1H3. The molecule has 0 bridgehead atoms. The zero-order valence-electron chi connectivity index (χ0n) is 14.5. The number of likely N-dealkylation sites (tertiary alicyclic amines) is 1. The van der Waals surface area contributed by atoms with E-state index in [2.05, 4.69) is 4.90 Å². The molecule has 2 aromatic rings. The lowest BCUT2D eigenvalue weighted by Gasteiger charge is -2.29. The molecule has 0 atom stereocenters. The van der Waals surface area contributed by atoms with Gasteiger partial charge in [0.15, 0.2) is 11.5 Å². The van der Waals surface area contributed by atoms with Gasteiger partial charge in [0, 0.05) is 23.7 Å². The van der Waals surface area contributed by atoms with Crippen molar-refractivity contribution in [3.63, 3.8) is 0 Å². The summed E-state index contributed by atoms with van der Waals surface area (Å²) in [6.45, 7) is 1.96. The van der Waals surface area contributed by atoms with Crippen molar-refractivity contribution in [1.82, 2.24) is 4.90 Å². The number of thiocarbonyl (C=S) groups is 1. The molecule has 0 aromatic heterocycles. The summed E-state index contributed by atoms with van der Waals surface area (Å²) in [4.78, 5) is 15.3. The highest BCUT2D eigenvalue weighted by Gasteiger charge is 2.18. The number of nitrogens with zero attached hydrogens (tertiary/aromatic N) is 1. The van der Waals surface area contributed by atoms with Gasteiger partial charge in [-0.05, 0) is 61.7 Å². The normalized spacial score (nSPS) is 14.0. The van der Waals surface area contributed by atoms with E-state index in [1.54, 1.807) is 37.4 Å². The second-order valence-corrected chi connectivity index (χ2v) is 6.94. The van der Waals surface area contributed by atoms with Crippen molar-refractivity contribution < 1.29 is 14.3 Å². The van der Waals surface area contributed by atoms with E-state index in [-0.39, 0.29) is 0 Å². The summed E-state index contributed by atoms with van der Waals surface area (Å²) in [6, 6.07) is 11.9. The summed E-state index contributed by atoms with van der Waals surface area (Å²) >= 11 is 11.5. The largest absolute Gasteiger partial charge is 0.493 e. The zero-order chi connectivity index (χ0) is 18.5. The minimum Gasteiger partial charge on any atom is -0.493 e. The van der Waals surface area contributed by atoms with Gasteiger partial charge in [-0.15, -0.1) is 0 Å². The molecule has 0 radical (unpaired) electrons. The van der Waals surface area contributed by atoms with Gasteiger partial charge in [0.2, 0.25) is 0 Å². The number of halogens is 1. The van der Waals surface area contributed by atoms with Crippen LogP contribution in [0.2, 0.25) is 5.02 Å². The monoisotopic (exact) mass is 389 g/mol. The summed E-state index contributed by atoms with van der Waals surface area (Å²) in [7, 11) is 1.54. The van der Waals surface area contributed by atoms with Crippen LogP contribution in [0.5, 0.6) is 11.5 Å². The number of piperidine rings is 1. The predicted molar refractivity (Wildman–Crippen MR) is 107 cm³/mol. The van der Waals surface area contributed by atoms with Gasteiger partial charge in [-0.1, -0.05) is 23.8 Å². The molecule has 1 fully saturated rings. The summed E-state index contributed by atoms with van der Waals surface area (Å²) in [5.74, 6) is 0.369.